The number of carbonyl (C=O) groups is 1. The van der Waals surface area contributed by atoms with E-state index >= 15 is 0 Å². The molecule has 0 aliphatic carbocycles. The third-order valence-electron chi connectivity index (χ3n) is 2.62. The highest BCUT2D eigenvalue weighted by molar-refractivity contribution is 5.71. The van der Waals surface area contributed by atoms with Gasteiger partial charge in [0.25, 0.3) is 0 Å². The van der Waals surface area contributed by atoms with Crippen molar-refractivity contribution < 1.29 is 14.6 Å². The molecule has 0 amide bonds. The molecule has 0 aliphatic rings. The van der Waals surface area contributed by atoms with Crippen molar-refractivity contribution >= 4 is 5.97 Å². The molecule has 1 aromatic rings. The van der Waals surface area contributed by atoms with Gasteiger partial charge in [-0.3, -0.25) is 4.79 Å². The molecular formula is C15H20O3. The van der Waals surface area contributed by atoms with E-state index in [0.717, 1.165) is 12.0 Å². The van der Waals surface area contributed by atoms with Crippen LogP contribution in [0.25, 0.3) is 0 Å². The van der Waals surface area contributed by atoms with Crippen LogP contribution in [0.15, 0.2) is 36.4 Å². The van der Waals surface area contributed by atoms with Crippen LogP contribution in [0.1, 0.15) is 38.2 Å². The Morgan fingerprint density at radius 2 is 2.00 bits per heavy atom. The van der Waals surface area contributed by atoms with Crippen LogP contribution >= 0.6 is 0 Å². The number of carbonyl (C=O) groups excluding carboxylic acids is 1. The van der Waals surface area contributed by atoms with Crippen LogP contribution in [-0.2, 0) is 9.53 Å². The molecular weight excluding hydrogens is 228 g/mol. The van der Waals surface area contributed by atoms with Crippen LogP contribution in [0.2, 0.25) is 0 Å². The maximum absolute atomic E-state index is 11.6. The normalized spacial score (nSPS) is 12.6. The molecule has 1 atom stereocenters. The fourth-order valence-electron chi connectivity index (χ4n) is 1.72. The number of hydrogen-bond donors (Lipinski definition) is 1. The molecule has 0 unspecified atom stereocenters. The topological polar surface area (TPSA) is 46.5 Å². The van der Waals surface area contributed by atoms with Crippen LogP contribution in [0.3, 0.4) is 0 Å². The second kappa shape index (κ2) is 7.54. The molecule has 0 radical (unpaired) electrons. The number of ether oxygens (including phenoxy) is 1. The second-order valence-corrected chi connectivity index (χ2v) is 4.04. The Morgan fingerprint density at radius 3 is 2.56 bits per heavy atom. The van der Waals surface area contributed by atoms with E-state index in [-0.39, 0.29) is 17.6 Å². The van der Waals surface area contributed by atoms with Gasteiger partial charge in [-0.15, -0.1) is 0 Å². The van der Waals surface area contributed by atoms with Gasteiger partial charge in [0.15, 0.2) is 0 Å². The molecule has 0 spiro atoms. The van der Waals surface area contributed by atoms with Gasteiger partial charge in [-0.1, -0.05) is 31.2 Å². The monoisotopic (exact) mass is 248 g/mol. The Balaban J connectivity index is 2.80. The molecule has 0 aromatic heterocycles. The van der Waals surface area contributed by atoms with Gasteiger partial charge in [-0.2, -0.15) is 0 Å². The predicted octanol–water partition coefficient (Wildman–Crippen LogP) is 3.40. The summed E-state index contributed by atoms with van der Waals surface area (Å²) in [6.07, 6.45) is 5.31. The van der Waals surface area contributed by atoms with Gasteiger partial charge in [0.1, 0.15) is 5.75 Å². The predicted molar refractivity (Wildman–Crippen MR) is 71.5 cm³/mol. The number of rotatable bonds is 6. The first-order valence-corrected chi connectivity index (χ1v) is 6.28. The van der Waals surface area contributed by atoms with Gasteiger partial charge < -0.3 is 9.84 Å². The van der Waals surface area contributed by atoms with Crippen molar-refractivity contribution in [3.8, 4) is 5.75 Å². The van der Waals surface area contributed by atoms with Gasteiger partial charge in [-0.25, -0.2) is 0 Å². The number of esters is 1. The largest absolute Gasteiger partial charge is 0.508 e. The van der Waals surface area contributed by atoms with Crippen LogP contribution < -0.4 is 0 Å². The van der Waals surface area contributed by atoms with Crippen molar-refractivity contribution in [3.05, 3.63) is 42.0 Å². The lowest BCUT2D eigenvalue weighted by Crippen LogP contribution is -2.09. The molecule has 3 nitrogen and oxygen atoms in total. The minimum atomic E-state index is -0.198. The van der Waals surface area contributed by atoms with Gasteiger partial charge >= 0.3 is 5.97 Å². The summed E-state index contributed by atoms with van der Waals surface area (Å²) in [6, 6.07) is 6.93. The zero-order valence-corrected chi connectivity index (χ0v) is 10.9. The van der Waals surface area contributed by atoms with Crippen LogP contribution in [0.5, 0.6) is 5.75 Å². The number of aromatic hydroxyl groups is 1. The summed E-state index contributed by atoms with van der Waals surface area (Å²) in [5.74, 6) is 0.0361. The Kier molecular flexibility index (Phi) is 5.98. The summed E-state index contributed by atoms with van der Waals surface area (Å²) in [5.41, 5.74) is 1.01. The summed E-state index contributed by atoms with van der Waals surface area (Å²) in [5, 5.41) is 9.27. The van der Waals surface area contributed by atoms with E-state index in [1.165, 1.54) is 0 Å². The average molecular weight is 248 g/mol. The van der Waals surface area contributed by atoms with E-state index in [0.29, 0.717) is 13.0 Å². The molecule has 18 heavy (non-hydrogen) atoms. The molecule has 0 aliphatic heterocycles. The Hall–Kier alpha value is -1.77. The molecule has 1 N–H and O–H groups in total. The quantitative estimate of drug-likeness (QED) is 0.620. The number of hydrogen-bond acceptors (Lipinski definition) is 3. The third-order valence-corrected chi connectivity index (χ3v) is 2.62. The first-order chi connectivity index (χ1) is 8.67. The summed E-state index contributed by atoms with van der Waals surface area (Å²) < 4.78 is 4.98. The van der Waals surface area contributed by atoms with E-state index in [4.69, 9.17) is 4.74 Å². The van der Waals surface area contributed by atoms with Crippen molar-refractivity contribution in [1.29, 1.82) is 0 Å². The van der Waals surface area contributed by atoms with Crippen LogP contribution in [-0.4, -0.2) is 17.7 Å². The lowest BCUT2D eigenvalue weighted by atomic mass is 9.95. The molecule has 3 heteroatoms. The maximum Gasteiger partial charge on any atom is 0.306 e. The highest BCUT2D eigenvalue weighted by atomic mass is 16.5. The van der Waals surface area contributed by atoms with E-state index in [9.17, 15) is 9.90 Å². The van der Waals surface area contributed by atoms with Crippen molar-refractivity contribution in [2.75, 3.05) is 6.61 Å². The Labute approximate surface area is 108 Å². The summed E-state index contributed by atoms with van der Waals surface area (Å²) >= 11 is 0. The van der Waals surface area contributed by atoms with Crippen LogP contribution in [0, 0.1) is 0 Å². The minimum absolute atomic E-state index is 0.00426. The van der Waals surface area contributed by atoms with Gasteiger partial charge in [0.2, 0.25) is 0 Å². The standard InChI is InChI=1S/C15H20O3/c1-3-5-6-13(11-15(17)18-4-2)12-7-9-14(16)10-8-12/h5-10,13,16H,3-4,11H2,1-2H3/t13-/m1/s1. The summed E-state index contributed by atoms with van der Waals surface area (Å²) in [6.45, 7) is 4.25. The minimum Gasteiger partial charge on any atom is -0.508 e. The molecule has 0 heterocycles. The average Bonchev–Trinajstić information content (AvgIpc) is 2.36. The molecule has 98 valence electrons. The molecule has 0 fully saturated rings. The fraction of sp³-hybridized carbons (Fsp3) is 0.400. The zero-order valence-electron chi connectivity index (χ0n) is 10.9. The van der Waals surface area contributed by atoms with Gasteiger partial charge in [0.05, 0.1) is 13.0 Å². The van der Waals surface area contributed by atoms with Crippen molar-refractivity contribution in [1.82, 2.24) is 0 Å². The second-order valence-electron chi connectivity index (χ2n) is 4.04. The smallest absolute Gasteiger partial charge is 0.306 e. The summed E-state index contributed by atoms with van der Waals surface area (Å²) in [4.78, 5) is 11.6. The lowest BCUT2D eigenvalue weighted by Gasteiger charge is -2.12. The molecule has 0 saturated carbocycles. The number of phenolic OH excluding ortho intramolecular Hbond substituents is 1. The van der Waals surface area contributed by atoms with Crippen LogP contribution in [0.4, 0.5) is 0 Å². The Morgan fingerprint density at radius 1 is 1.33 bits per heavy atom. The van der Waals surface area contributed by atoms with Crippen molar-refractivity contribution in [2.45, 2.75) is 32.6 Å². The van der Waals surface area contributed by atoms with E-state index in [1.54, 1.807) is 19.1 Å². The Bertz CT molecular complexity index is 393. The van der Waals surface area contributed by atoms with Crippen molar-refractivity contribution in [3.63, 3.8) is 0 Å². The molecule has 0 saturated heterocycles. The van der Waals surface area contributed by atoms with E-state index in [1.807, 2.05) is 24.3 Å². The van der Waals surface area contributed by atoms with Crippen molar-refractivity contribution in [2.24, 2.45) is 0 Å². The number of phenols is 1. The summed E-state index contributed by atoms with van der Waals surface area (Å²) in [7, 11) is 0. The number of benzene rings is 1. The lowest BCUT2D eigenvalue weighted by molar-refractivity contribution is -0.143. The molecule has 1 rings (SSSR count). The van der Waals surface area contributed by atoms with E-state index in [2.05, 4.69) is 6.92 Å². The molecule has 0 bridgehead atoms. The zero-order chi connectivity index (χ0) is 13.4. The molecule has 1 aromatic carbocycles. The fourth-order valence-corrected chi connectivity index (χ4v) is 1.72. The highest BCUT2D eigenvalue weighted by Gasteiger charge is 2.14. The first-order valence-electron chi connectivity index (χ1n) is 6.28. The van der Waals surface area contributed by atoms with Gasteiger partial charge in [0, 0.05) is 5.92 Å². The van der Waals surface area contributed by atoms with E-state index < -0.39 is 0 Å². The maximum atomic E-state index is 11.6. The highest BCUT2D eigenvalue weighted by Crippen LogP contribution is 2.24. The third kappa shape index (κ3) is 4.62. The SMILES string of the molecule is CCC=C[C@H](CC(=O)OCC)c1ccc(O)cc1. The first kappa shape index (κ1) is 14.3. The van der Waals surface area contributed by atoms with Gasteiger partial charge in [-0.05, 0) is 31.0 Å². The number of allylic oxidation sites excluding steroid dienone is 2.